The van der Waals surface area contributed by atoms with Crippen molar-refractivity contribution in [3.63, 3.8) is 0 Å². The smallest absolute Gasteiger partial charge is 0.270 e. The third-order valence-corrected chi connectivity index (χ3v) is 5.26. The number of aromatic nitrogens is 1. The monoisotopic (exact) mass is 399 g/mol. The summed E-state index contributed by atoms with van der Waals surface area (Å²) in [5.74, 6) is -0.931. The first-order chi connectivity index (χ1) is 13.5. The number of halogens is 2. The van der Waals surface area contributed by atoms with Crippen molar-refractivity contribution in [1.29, 1.82) is 0 Å². The Hall–Kier alpha value is -2.86. The van der Waals surface area contributed by atoms with Crippen LogP contribution >= 0.6 is 11.6 Å². The Kier molecular flexibility index (Phi) is 5.05. The number of fused-ring (bicyclic) bond motifs is 1. The predicted molar refractivity (Wildman–Crippen MR) is 107 cm³/mol. The summed E-state index contributed by atoms with van der Waals surface area (Å²) in [5, 5.41) is 4.26. The molecule has 0 saturated carbocycles. The summed E-state index contributed by atoms with van der Waals surface area (Å²) in [6.07, 6.45) is 1.47. The first kappa shape index (κ1) is 18.5. The Bertz CT molecular complexity index is 1030. The number of benzene rings is 2. The molecular weight excluding hydrogens is 381 g/mol. The van der Waals surface area contributed by atoms with Crippen LogP contribution in [0.25, 0.3) is 10.9 Å². The summed E-state index contributed by atoms with van der Waals surface area (Å²) in [7, 11) is 0. The molecule has 1 aromatic heterocycles. The highest BCUT2D eigenvalue weighted by molar-refractivity contribution is 6.30. The van der Waals surface area contributed by atoms with E-state index < -0.39 is 0 Å². The predicted octanol–water partition coefficient (Wildman–Crippen LogP) is 4.45. The van der Waals surface area contributed by atoms with Crippen LogP contribution in [0.3, 0.4) is 0 Å². The summed E-state index contributed by atoms with van der Waals surface area (Å²) in [5.41, 5.74) is 1.66. The minimum absolute atomic E-state index is 0.112. The van der Waals surface area contributed by atoms with Crippen LogP contribution in [0.5, 0.6) is 0 Å². The summed E-state index contributed by atoms with van der Waals surface area (Å²) in [4.78, 5) is 30.1. The van der Waals surface area contributed by atoms with E-state index in [1.54, 1.807) is 41.3 Å². The number of hydrogen-bond donors (Lipinski definition) is 2. The quantitative estimate of drug-likeness (QED) is 0.683. The molecule has 0 spiro atoms. The van der Waals surface area contributed by atoms with E-state index in [1.807, 2.05) is 0 Å². The number of hydrogen-bond acceptors (Lipinski definition) is 2. The molecule has 1 aliphatic heterocycles. The van der Waals surface area contributed by atoms with Crippen LogP contribution in [0.2, 0.25) is 5.02 Å². The van der Waals surface area contributed by atoms with Gasteiger partial charge in [0, 0.05) is 34.7 Å². The molecule has 7 heteroatoms. The number of carbonyl (C=O) groups excluding carboxylic acids is 2. The van der Waals surface area contributed by atoms with Gasteiger partial charge in [-0.3, -0.25) is 9.59 Å². The van der Waals surface area contributed by atoms with Crippen LogP contribution in [0.4, 0.5) is 10.1 Å². The molecular formula is C21H19ClFN3O2. The molecule has 144 valence electrons. The normalized spacial score (nSPS) is 16.9. The molecule has 1 fully saturated rings. The molecule has 5 nitrogen and oxygen atoms in total. The van der Waals surface area contributed by atoms with E-state index in [0.29, 0.717) is 35.0 Å². The lowest BCUT2D eigenvalue weighted by Crippen LogP contribution is -2.43. The molecule has 1 unspecified atom stereocenters. The zero-order valence-electron chi connectivity index (χ0n) is 15.0. The van der Waals surface area contributed by atoms with Gasteiger partial charge in [0.2, 0.25) is 5.91 Å². The van der Waals surface area contributed by atoms with E-state index >= 15 is 0 Å². The van der Waals surface area contributed by atoms with Crippen molar-refractivity contribution < 1.29 is 14.0 Å². The van der Waals surface area contributed by atoms with Gasteiger partial charge in [0.1, 0.15) is 11.5 Å². The third-order valence-electron chi connectivity index (χ3n) is 5.01. The van der Waals surface area contributed by atoms with Crippen molar-refractivity contribution in [2.45, 2.75) is 12.8 Å². The SMILES string of the molecule is O=C(Nc1ccc(Cl)cc1)C1CCCN(C(=O)c2cc3ccc(F)cc3[nH]2)C1. The van der Waals surface area contributed by atoms with Crippen LogP contribution in [-0.2, 0) is 4.79 Å². The zero-order chi connectivity index (χ0) is 19.7. The van der Waals surface area contributed by atoms with E-state index in [4.69, 9.17) is 11.6 Å². The van der Waals surface area contributed by atoms with Crippen molar-refractivity contribution in [3.05, 3.63) is 65.1 Å². The second kappa shape index (κ2) is 7.64. The van der Waals surface area contributed by atoms with Gasteiger partial charge in [0.25, 0.3) is 5.91 Å². The second-order valence-electron chi connectivity index (χ2n) is 7.00. The van der Waals surface area contributed by atoms with Gasteiger partial charge in [-0.15, -0.1) is 0 Å². The van der Waals surface area contributed by atoms with Crippen molar-refractivity contribution in [1.82, 2.24) is 9.88 Å². The van der Waals surface area contributed by atoms with Gasteiger partial charge < -0.3 is 15.2 Å². The Morgan fingerprint density at radius 1 is 1.14 bits per heavy atom. The van der Waals surface area contributed by atoms with Gasteiger partial charge in [-0.1, -0.05) is 11.6 Å². The molecule has 1 atom stereocenters. The van der Waals surface area contributed by atoms with E-state index in [9.17, 15) is 14.0 Å². The van der Waals surface area contributed by atoms with Crippen molar-refractivity contribution in [2.75, 3.05) is 18.4 Å². The van der Waals surface area contributed by atoms with Gasteiger partial charge in [0.05, 0.1) is 5.92 Å². The maximum absolute atomic E-state index is 13.4. The molecule has 2 aromatic carbocycles. The number of nitrogens with zero attached hydrogens (tertiary/aromatic N) is 1. The fourth-order valence-corrected chi connectivity index (χ4v) is 3.66. The molecule has 0 radical (unpaired) electrons. The number of aromatic amines is 1. The highest BCUT2D eigenvalue weighted by Gasteiger charge is 2.29. The minimum Gasteiger partial charge on any atom is -0.350 e. The van der Waals surface area contributed by atoms with Crippen LogP contribution in [0.1, 0.15) is 23.3 Å². The third kappa shape index (κ3) is 3.87. The van der Waals surface area contributed by atoms with Crippen molar-refractivity contribution in [3.8, 4) is 0 Å². The summed E-state index contributed by atoms with van der Waals surface area (Å²) in [6.45, 7) is 0.940. The van der Waals surface area contributed by atoms with Crippen LogP contribution in [0, 0.1) is 11.7 Å². The Morgan fingerprint density at radius 3 is 2.71 bits per heavy atom. The van der Waals surface area contributed by atoms with E-state index in [-0.39, 0.29) is 23.5 Å². The highest BCUT2D eigenvalue weighted by atomic mass is 35.5. The summed E-state index contributed by atoms with van der Waals surface area (Å²) < 4.78 is 13.4. The number of nitrogens with one attached hydrogen (secondary N) is 2. The standard InChI is InChI=1S/C21H19ClFN3O2/c22-15-4-7-17(8-5-15)24-20(27)14-2-1-9-26(12-14)21(28)19-10-13-3-6-16(23)11-18(13)25-19/h3-8,10-11,14,25H,1-2,9,12H2,(H,24,27). The van der Waals surface area contributed by atoms with Gasteiger partial charge in [-0.2, -0.15) is 0 Å². The number of H-pyrrole nitrogens is 1. The molecule has 3 aromatic rings. The summed E-state index contributed by atoms with van der Waals surface area (Å²) in [6, 6.07) is 13.0. The first-order valence-corrected chi connectivity index (χ1v) is 9.51. The first-order valence-electron chi connectivity index (χ1n) is 9.13. The lowest BCUT2D eigenvalue weighted by molar-refractivity contribution is -0.121. The zero-order valence-corrected chi connectivity index (χ0v) is 15.8. The maximum atomic E-state index is 13.4. The lowest BCUT2D eigenvalue weighted by Gasteiger charge is -2.31. The van der Waals surface area contributed by atoms with Gasteiger partial charge in [-0.25, -0.2) is 4.39 Å². The van der Waals surface area contributed by atoms with Gasteiger partial charge in [-0.05, 0) is 61.4 Å². The second-order valence-corrected chi connectivity index (χ2v) is 7.44. The number of carbonyl (C=O) groups is 2. The lowest BCUT2D eigenvalue weighted by atomic mass is 9.96. The Balaban J connectivity index is 1.45. The highest BCUT2D eigenvalue weighted by Crippen LogP contribution is 2.23. The fourth-order valence-electron chi connectivity index (χ4n) is 3.54. The van der Waals surface area contributed by atoms with Gasteiger partial charge >= 0.3 is 0 Å². The average molecular weight is 400 g/mol. The van der Waals surface area contributed by atoms with Crippen molar-refractivity contribution >= 4 is 40.0 Å². The molecule has 0 bridgehead atoms. The number of rotatable bonds is 3. The van der Waals surface area contributed by atoms with Crippen LogP contribution in [-0.4, -0.2) is 34.8 Å². The number of piperidine rings is 1. The largest absolute Gasteiger partial charge is 0.350 e. The number of amides is 2. The number of anilines is 1. The van der Waals surface area contributed by atoms with Crippen molar-refractivity contribution in [2.24, 2.45) is 5.92 Å². The Morgan fingerprint density at radius 2 is 1.93 bits per heavy atom. The molecule has 1 saturated heterocycles. The molecule has 2 heterocycles. The van der Waals surface area contributed by atoms with Crippen LogP contribution < -0.4 is 5.32 Å². The van der Waals surface area contributed by atoms with E-state index in [1.165, 1.54) is 12.1 Å². The molecule has 2 N–H and O–H groups in total. The van der Waals surface area contributed by atoms with Gasteiger partial charge in [0.15, 0.2) is 0 Å². The molecule has 2 amide bonds. The molecule has 28 heavy (non-hydrogen) atoms. The molecule has 1 aliphatic rings. The van der Waals surface area contributed by atoms with E-state index in [2.05, 4.69) is 10.3 Å². The molecule has 0 aliphatic carbocycles. The summed E-state index contributed by atoms with van der Waals surface area (Å²) >= 11 is 5.87. The molecule has 4 rings (SSSR count). The average Bonchev–Trinajstić information content (AvgIpc) is 3.12. The topological polar surface area (TPSA) is 65.2 Å². The minimum atomic E-state index is -0.356. The Labute approximate surface area is 166 Å². The maximum Gasteiger partial charge on any atom is 0.270 e. The fraction of sp³-hybridized carbons (Fsp3) is 0.238. The van der Waals surface area contributed by atoms with Crippen LogP contribution in [0.15, 0.2) is 48.5 Å². The van der Waals surface area contributed by atoms with E-state index in [0.717, 1.165) is 18.2 Å². The number of likely N-dealkylation sites (tertiary alicyclic amines) is 1.